The smallest absolute Gasteiger partial charge is 0.258 e. The van der Waals surface area contributed by atoms with Crippen molar-refractivity contribution in [3.05, 3.63) is 54.0 Å². The maximum absolute atomic E-state index is 14.0. The fraction of sp³-hybridized carbons (Fsp3) is 0.333. The summed E-state index contributed by atoms with van der Waals surface area (Å²) in [6.07, 6.45) is 1.58. The number of carbonyl (C=O) groups excluding carboxylic acids is 1. The van der Waals surface area contributed by atoms with E-state index in [1.54, 1.807) is 49.3 Å². The molecule has 3 aromatic heterocycles. The van der Waals surface area contributed by atoms with E-state index >= 15 is 0 Å². The molecule has 1 amide bonds. The zero-order valence-electron chi connectivity index (χ0n) is 19.7. The predicted octanol–water partition coefficient (Wildman–Crippen LogP) is 2.52. The molecule has 5 rings (SSSR count). The first-order chi connectivity index (χ1) is 17.0. The van der Waals surface area contributed by atoms with E-state index in [4.69, 9.17) is 4.74 Å². The number of anilines is 2. The number of carbonyl (C=O) groups is 1. The third-order valence-electron chi connectivity index (χ3n) is 6.15. The average Bonchev–Trinajstić information content (AvgIpc) is 3.47. The second kappa shape index (κ2) is 9.80. The highest BCUT2D eigenvalue weighted by Gasteiger charge is 2.19. The van der Waals surface area contributed by atoms with E-state index in [9.17, 15) is 9.18 Å². The lowest BCUT2D eigenvalue weighted by molar-refractivity contribution is 0.102. The van der Waals surface area contributed by atoms with Crippen molar-refractivity contribution < 1.29 is 13.9 Å². The first-order valence-electron chi connectivity index (χ1n) is 11.4. The Morgan fingerprint density at radius 3 is 2.74 bits per heavy atom. The molecular weight excluding hydrogens is 451 g/mol. The van der Waals surface area contributed by atoms with Crippen LogP contribution in [0.4, 0.5) is 16.0 Å². The Hall–Kier alpha value is -3.83. The molecule has 0 aliphatic carbocycles. The minimum Gasteiger partial charge on any atom is -0.383 e. The number of aryl methyl sites for hydroxylation is 1. The topological polar surface area (TPSA) is 104 Å². The van der Waals surface area contributed by atoms with Crippen LogP contribution in [-0.2, 0) is 11.8 Å². The molecule has 2 N–H and O–H groups in total. The zero-order valence-corrected chi connectivity index (χ0v) is 19.7. The lowest BCUT2D eigenvalue weighted by Gasteiger charge is -2.35. The number of nitrogens with one attached hydrogen (secondary N) is 2. The standard InChI is InChI=1S/C24H27FN8O2/c1-31-19(23-27-18-5-3-4-17(25)22(18)29-23)14-20(30-31)28-24(34)16-6-7-21(26-15-16)33-10-8-32(9-11-33)12-13-35-2/h3-7,14-15H,8-13H2,1-2H3,(H,27,29)(H,28,30,34). The second-order valence-electron chi connectivity index (χ2n) is 8.44. The van der Waals surface area contributed by atoms with Crippen molar-refractivity contribution in [3.8, 4) is 11.5 Å². The number of halogens is 1. The van der Waals surface area contributed by atoms with Gasteiger partial charge < -0.3 is 19.9 Å². The van der Waals surface area contributed by atoms with Crippen LogP contribution in [0.5, 0.6) is 0 Å². The quantitative estimate of drug-likeness (QED) is 0.421. The Kier molecular flexibility index (Phi) is 6.43. The van der Waals surface area contributed by atoms with Crippen LogP contribution in [0.2, 0.25) is 0 Å². The van der Waals surface area contributed by atoms with E-state index in [0.717, 1.165) is 45.1 Å². The molecule has 0 spiro atoms. The number of aromatic amines is 1. The number of nitrogens with zero attached hydrogens (tertiary/aromatic N) is 6. The van der Waals surface area contributed by atoms with Gasteiger partial charge in [-0.1, -0.05) is 6.07 Å². The Morgan fingerprint density at radius 1 is 1.20 bits per heavy atom. The van der Waals surface area contributed by atoms with E-state index in [0.29, 0.717) is 28.4 Å². The number of pyridine rings is 1. The number of hydrogen-bond acceptors (Lipinski definition) is 7. The SMILES string of the molecule is COCCN1CCN(c2ccc(C(=O)Nc3cc(-c4nc5c(F)cccc5[nH]4)n(C)n3)cn2)CC1. The van der Waals surface area contributed by atoms with Crippen LogP contribution in [0.15, 0.2) is 42.6 Å². The number of H-pyrrole nitrogens is 1. The fourth-order valence-corrected chi connectivity index (χ4v) is 4.19. The summed E-state index contributed by atoms with van der Waals surface area (Å²) in [6, 6.07) is 10.1. The molecule has 0 radical (unpaired) electrons. The molecule has 10 nitrogen and oxygen atoms in total. The molecule has 1 saturated heterocycles. The minimum atomic E-state index is -0.399. The van der Waals surface area contributed by atoms with Crippen LogP contribution in [0.3, 0.4) is 0 Å². The first kappa shape index (κ1) is 22.9. The molecule has 0 atom stereocenters. The third-order valence-corrected chi connectivity index (χ3v) is 6.15. The molecule has 1 aliphatic heterocycles. The average molecular weight is 479 g/mol. The third kappa shape index (κ3) is 4.86. The Morgan fingerprint density at radius 2 is 2.03 bits per heavy atom. The van der Waals surface area contributed by atoms with E-state index in [2.05, 4.69) is 35.2 Å². The summed E-state index contributed by atoms with van der Waals surface area (Å²) >= 11 is 0. The molecule has 0 bridgehead atoms. The van der Waals surface area contributed by atoms with Crippen molar-refractivity contribution in [3.63, 3.8) is 0 Å². The van der Waals surface area contributed by atoms with Crippen LogP contribution in [0, 0.1) is 5.82 Å². The Labute approximate surface area is 201 Å². The Bertz CT molecular complexity index is 1330. The van der Waals surface area contributed by atoms with E-state index in [-0.39, 0.29) is 11.4 Å². The molecule has 4 heterocycles. The summed E-state index contributed by atoms with van der Waals surface area (Å²) in [5.74, 6) is 0.974. The molecule has 35 heavy (non-hydrogen) atoms. The highest BCUT2D eigenvalue weighted by atomic mass is 19.1. The number of methoxy groups -OCH3 is 1. The van der Waals surface area contributed by atoms with Crippen LogP contribution in [-0.4, -0.2) is 82.0 Å². The first-order valence-corrected chi connectivity index (χ1v) is 11.4. The van der Waals surface area contributed by atoms with Crippen molar-refractivity contribution in [1.82, 2.24) is 29.6 Å². The molecular formula is C24H27FN8O2. The number of imidazole rings is 1. The zero-order chi connectivity index (χ0) is 24.4. The summed E-state index contributed by atoms with van der Waals surface area (Å²) in [6.45, 7) is 5.33. The number of hydrogen-bond donors (Lipinski definition) is 2. The van der Waals surface area contributed by atoms with Crippen LogP contribution < -0.4 is 10.2 Å². The van der Waals surface area contributed by atoms with Gasteiger partial charge in [-0.25, -0.2) is 14.4 Å². The number of aromatic nitrogens is 5. The van der Waals surface area contributed by atoms with Gasteiger partial charge in [-0.2, -0.15) is 5.10 Å². The fourth-order valence-electron chi connectivity index (χ4n) is 4.19. The number of fused-ring (bicyclic) bond motifs is 1. The van der Waals surface area contributed by atoms with E-state index < -0.39 is 5.82 Å². The maximum Gasteiger partial charge on any atom is 0.258 e. The summed E-state index contributed by atoms with van der Waals surface area (Å²) in [5.41, 5.74) is 1.91. The highest BCUT2D eigenvalue weighted by molar-refractivity contribution is 6.03. The van der Waals surface area contributed by atoms with Crippen LogP contribution in [0.1, 0.15) is 10.4 Å². The lowest BCUT2D eigenvalue weighted by Crippen LogP contribution is -2.47. The molecule has 1 aliphatic rings. The van der Waals surface area contributed by atoms with Gasteiger partial charge in [-0.3, -0.25) is 14.4 Å². The number of amides is 1. The number of rotatable bonds is 7. The molecule has 1 aromatic carbocycles. The summed E-state index contributed by atoms with van der Waals surface area (Å²) in [5, 5.41) is 7.15. The van der Waals surface area contributed by atoms with Crippen LogP contribution in [0.25, 0.3) is 22.6 Å². The van der Waals surface area contributed by atoms with Gasteiger partial charge in [0.05, 0.1) is 17.7 Å². The lowest BCUT2D eigenvalue weighted by atomic mass is 10.2. The van der Waals surface area contributed by atoms with Crippen molar-refractivity contribution >= 4 is 28.6 Å². The molecule has 0 saturated carbocycles. The predicted molar refractivity (Wildman–Crippen MR) is 131 cm³/mol. The Balaban J connectivity index is 1.23. The normalized spacial score (nSPS) is 14.5. The number of benzene rings is 1. The summed E-state index contributed by atoms with van der Waals surface area (Å²) in [7, 11) is 3.45. The van der Waals surface area contributed by atoms with Gasteiger partial charge >= 0.3 is 0 Å². The van der Waals surface area contributed by atoms with Crippen molar-refractivity contribution in [2.24, 2.45) is 7.05 Å². The molecule has 4 aromatic rings. The number of piperazine rings is 1. The van der Waals surface area contributed by atoms with Gasteiger partial charge in [-0.05, 0) is 24.3 Å². The molecule has 0 unspecified atom stereocenters. The largest absolute Gasteiger partial charge is 0.383 e. The van der Waals surface area contributed by atoms with E-state index in [1.807, 2.05) is 6.07 Å². The summed E-state index contributed by atoms with van der Waals surface area (Å²) in [4.78, 5) is 29.3. The van der Waals surface area contributed by atoms with Gasteiger partial charge in [0.25, 0.3) is 5.91 Å². The van der Waals surface area contributed by atoms with Gasteiger partial charge in [0.2, 0.25) is 0 Å². The minimum absolute atomic E-state index is 0.261. The highest BCUT2D eigenvalue weighted by Crippen LogP contribution is 2.24. The monoisotopic (exact) mass is 478 g/mol. The van der Waals surface area contributed by atoms with Gasteiger partial charge in [0.1, 0.15) is 17.0 Å². The van der Waals surface area contributed by atoms with Crippen molar-refractivity contribution in [2.75, 3.05) is 56.7 Å². The van der Waals surface area contributed by atoms with Gasteiger partial charge in [0.15, 0.2) is 17.5 Å². The van der Waals surface area contributed by atoms with Crippen molar-refractivity contribution in [1.29, 1.82) is 0 Å². The molecule has 11 heteroatoms. The van der Waals surface area contributed by atoms with Gasteiger partial charge in [0, 0.05) is 59.1 Å². The molecule has 182 valence electrons. The number of para-hydroxylation sites is 1. The number of ether oxygens (including phenoxy) is 1. The summed E-state index contributed by atoms with van der Waals surface area (Å²) < 4.78 is 20.7. The van der Waals surface area contributed by atoms with E-state index in [1.165, 1.54) is 6.07 Å². The van der Waals surface area contributed by atoms with Crippen LogP contribution >= 0.6 is 0 Å². The maximum atomic E-state index is 14.0. The molecule has 1 fully saturated rings. The van der Waals surface area contributed by atoms with Crippen molar-refractivity contribution in [2.45, 2.75) is 0 Å². The van der Waals surface area contributed by atoms with Gasteiger partial charge in [-0.15, -0.1) is 0 Å². The second-order valence-corrected chi connectivity index (χ2v) is 8.44.